The number of aryl methyl sites for hydroxylation is 1. The topological polar surface area (TPSA) is 80.9 Å². The number of nitrogens with zero attached hydrogens (tertiary/aromatic N) is 2. The minimum absolute atomic E-state index is 0. The Labute approximate surface area is 206 Å². The summed E-state index contributed by atoms with van der Waals surface area (Å²) in [5, 5.41) is 6.62. The van der Waals surface area contributed by atoms with E-state index in [1.54, 1.807) is 20.5 Å². The maximum absolute atomic E-state index is 5.62. The van der Waals surface area contributed by atoms with E-state index >= 15 is 0 Å². The third-order valence-electron chi connectivity index (χ3n) is 4.75. The average Bonchev–Trinajstić information content (AvgIpc) is 3.27. The van der Waals surface area contributed by atoms with Gasteiger partial charge in [-0.25, -0.2) is 9.98 Å². The van der Waals surface area contributed by atoms with Crippen molar-refractivity contribution in [2.45, 2.75) is 26.8 Å². The first kappa shape index (κ1) is 25.5. The Morgan fingerprint density at radius 3 is 2.47 bits per heavy atom. The molecule has 7 nitrogen and oxygen atoms in total. The number of hydrogen-bond acceptors (Lipinski definition) is 5. The van der Waals surface area contributed by atoms with Gasteiger partial charge in [0.25, 0.3) is 0 Å². The highest BCUT2D eigenvalue weighted by Gasteiger charge is 2.08. The highest BCUT2D eigenvalue weighted by Crippen LogP contribution is 2.27. The van der Waals surface area contributed by atoms with Gasteiger partial charge in [0.1, 0.15) is 12.0 Å². The molecule has 8 heteroatoms. The highest BCUT2D eigenvalue weighted by molar-refractivity contribution is 14.0. The fourth-order valence-corrected chi connectivity index (χ4v) is 3.07. The van der Waals surface area contributed by atoms with Crippen LogP contribution in [0.5, 0.6) is 11.5 Å². The van der Waals surface area contributed by atoms with E-state index in [0.29, 0.717) is 12.4 Å². The standard InChI is InChI=1S/C24H30N4O3.HI/c1-5-25-24(26-13-12-18-8-11-21(29-3)22(14-18)30-4)27-15-20-16-31-23(28-20)19-9-6-17(2)7-10-19;/h6-11,14,16H,5,12-13,15H2,1-4H3,(H2,25,26,27);1H. The normalized spacial score (nSPS) is 10.9. The number of benzene rings is 2. The lowest BCUT2D eigenvalue weighted by Crippen LogP contribution is -2.38. The Morgan fingerprint density at radius 1 is 1.03 bits per heavy atom. The van der Waals surface area contributed by atoms with Crippen molar-refractivity contribution in [3.8, 4) is 23.0 Å². The molecule has 0 aliphatic carbocycles. The summed E-state index contributed by atoms with van der Waals surface area (Å²) >= 11 is 0. The maximum Gasteiger partial charge on any atom is 0.226 e. The molecule has 0 bridgehead atoms. The zero-order chi connectivity index (χ0) is 22.1. The summed E-state index contributed by atoms with van der Waals surface area (Å²) in [6.07, 6.45) is 2.48. The number of nitrogens with one attached hydrogen (secondary N) is 2. The zero-order valence-electron chi connectivity index (χ0n) is 19.0. The van der Waals surface area contributed by atoms with E-state index in [1.165, 1.54) is 5.56 Å². The third-order valence-corrected chi connectivity index (χ3v) is 4.75. The van der Waals surface area contributed by atoms with Gasteiger partial charge in [0.15, 0.2) is 17.5 Å². The molecule has 0 radical (unpaired) electrons. The molecule has 0 aliphatic rings. The van der Waals surface area contributed by atoms with Crippen molar-refractivity contribution in [3.63, 3.8) is 0 Å². The van der Waals surface area contributed by atoms with Crippen LogP contribution >= 0.6 is 24.0 Å². The lowest BCUT2D eigenvalue weighted by molar-refractivity contribution is 0.354. The summed E-state index contributed by atoms with van der Waals surface area (Å²) in [6.45, 7) is 6.03. The molecule has 172 valence electrons. The first-order valence-electron chi connectivity index (χ1n) is 10.4. The second kappa shape index (κ2) is 12.9. The van der Waals surface area contributed by atoms with Crippen LogP contribution in [0, 0.1) is 6.92 Å². The minimum atomic E-state index is 0. The second-order valence-corrected chi connectivity index (χ2v) is 7.07. The number of oxazole rings is 1. The van der Waals surface area contributed by atoms with Crippen LogP contribution in [0.1, 0.15) is 23.7 Å². The van der Waals surface area contributed by atoms with Crippen LogP contribution in [-0.4, -0.2) is 38.3 Å². The average molecular weight is 550 g/mol. The molecule has 3 aromatic rings. The molecule has 2 N–H and O–H groups in total. The summed E-state index contributed by atoms with van der Waals surface area (Å²) in [4.78, 5) is 9.17. The van der Waals surface area contributed by atoms with E-state index in [2.05, 4.69) is 27.5 Å². The van der Waals surface area contributed by atoms with Crippen molar-refractivity contribution in [3.05, 3.63) is 65.5 Å². The van der Waals surface area contributed by atoms with Gasteiger partial charge in [0.05, 0.1) is 20.8 Å². The van der Waals surface area contributed by atoms with Crippen molar-refractivity contribution < 1.29 is 13.9 Å². The molecular formula is C24H31IN4O3. The third kappa shape index (κ3) is 7.15. The maximum atomic E-state index is 5.62. The Hall–Kier alpha value is -2.75. The zero-order valence-corrected chi connectivity index (χ0v) is 21.3. The lowest BCUT2D eigenvalue weighted by Gasteiger charge is -2.12. The van der Waals surface area contributed by atoms with E-state index < -0.39 is 0 Å². The van der Waals surface area contributed by atoms with E-state index in [0.717, 1.165) is 53.8 Å². The summed E-state index contributed by atoms with van der Waals surface area (Å²) < 4.78 is 16.3. The van der Waals surface area contributed by atoms with Crippen molar-refractivity contribution in [2.75, 3.05) is 27.3 Å². The van der Waals surface area contributed by atoms with Gasteiger partial charge >= 0.3 is 0 Å². The van der Waals surface area contributed by atoms with E-state index in [1.807, 2.05) is 49.4 Å². The first-order chi connectivity index (χ1) is 15.1. The van der Waals surface area contributed by atoms with Crippen LogP contribution in [0.3, 0.4) is 0 Å². The smallest absolute Gasteiger partial charge is 0.226 e. The highest BCUT2D eigenvalue weighted by atomic mass is 127. The van der Waals surface area contributed by atoms with Gasteiger partial charge in [-0.15, -0.1) is 24.0 Å². The Balaban J connectivity index is 0.00000363. The Morgan fingerprint density at radius 2 is 1.78 bits per heavy atom. The van der Waals surface area contributed by atoms with Crippen LogP contribution in [0.25, 0.3) is 11.5 Å². The van der Waals surface area contributed by atoms with Gasteiger partial charge in [-0.3, -0.25) is 0 Å². The van der Waals surface area contributed by atoms with E-state index in [-0.39, 0.29) is 24.0 Å². The molecule has 1 aromatic heterocycles. The van der Waals surface area contributed by atoms with Gasteiger partial charge in [-0.05, 0) is 50.1 Å². The Bertz CT molecular complexity index is 1000. The number of halogens is 1. The number of guanidine groups is 1. The summed E-state index contributed by atoms with van der Waals surface area (Å²) in [7, 11) is 3.28. The predicted octanol–water partition coefficient (Wildman–Crippen LogP) is 4.58. The molecule has 0 atom stereocenters. The quantitative estimate of drug-likeness (QED) is 0.231. The van der Waals surface area contributed by atoms with E-state index in [4.69, 9.17) is 13.9 Å². The minimum Gasteiger partial charge on any atom is -0.493 e. The molecule has 0 saturated heterocycles. The van der Waals surface area contributed by atoms with Crippen molar-refractivity contribution in [2.24, 2.45) is 4.99 Å². The fraction of sp³-hybridized carbons (Fsp3) is 0.333. The van der Waals surface area contributed by atoms with Crippen molar-refractivity contribution in [1.29, 1.82) is 0 Å². The van der Waals surface area contributed by atoms with Crippen LogP contribution in [0.2, 0.25) is 0 Å². The molecule has 3 rings (SSSR count). The molecule has 0 fully saturated rings. The van der Waals surface area contributed by atoms with Gasteiger partial charge in [-0.1, -0.05) is 23.8 Å². The number of hydrogen-bond donors (Lipinski definition) is 2. The van der Waals surface area contributed by atoms with E-state index in [9.17, 15) is 0 Å². The van der Waals surface area contributed by atoms with Gasteiger partial charge < -0.3 is 24.5 Å². The second-order valence-electron chi connectivity index (χ2n) is 7.07. The number of ether oxygens (including phenoxy) is 2. The molecule has 32 heavy (non-hydrogen) atoms. The van der Waals surface area contributed by atoms with Crippen LogP contribution in [0.4, 0.5) is 0 Å². The summed E-state index contributed by atoms with van der Waals surface area (Å²) in [5.74, 6) is 2.81. The molecule has 1 heterocycles. The molecular weight excluding hydrogens is 519 g/mol. The monoisotopic (exact) mass is 550 g/mol. The van der Waals surface area contributed by atoms with Gasteiger partial charge in [0, 0.05) is 18.7 Å². The molecule has 0 unspecified atom stereocenters. The summed E-state index contributed by atoms with van der Waals surface area (Å²) in [6, 6.07) is 14.1. The van der Waals surface area contributed by atoms with Crippen molar-refractivity contribution in [1.82, 2.24) is 15.6 Å². The Kier molecular flexibility index (Phi) is 10.3. The molecule has 0 spiro atoms. The number of methoxy groups -OCH3 is 2. The van der Waals surface area contributed by atoms with Crippen LogP contribution < -0.4 is 20.1 Å². The molecule has 0 saturated carbocycles. The van der Waals surface area contributed by atoms with Gasteiger partial charge in [-0.2, -0.15) is 0 Å². The molecule has 2 aromatic carbocycles. The number of aromatic nitrogens is 1. The van der Waals surface area contributed by atoms with Crippen molar-refractivity contribution >= 4 is 29.9 Å². The fourth-order valence-electron chi connectivity index (χ4n) is 3.07. The molecule has 0 aliphatic heterocycles. The summed E-state index contributed by atoms with van der Waals surface area (Å²) in [5.41, 5.74) is 4.10. The number of rotatable bonds is 9. The van der Waals surface area contributed by atoms with Crippen LogP contribution in [-0.2, 0) is 13.0 Å². The predicted molar refractivity (Wildman–Crippen MR) is 138 cm³/mol. The first-order valence-corrected chi connectivity index (χ1v) is 10.4. The van der Waals surface area contributed by atoms with Gasteiger partial charge in [0.2, 0.25) is 5.89 Å². The molecule has 0 amide bonds. The largest absolute Gasteiger partial charge is 0.493 e. The number of aliphatic imine (C=N–C) groups is 1. The lowest BCUT2D eigenvalue weighted by atomic mass is 10.1. The SMILES string of the molecule is CCNC(=NCc1coc(-c2ccc(C)cc2)n1)NCCc1ccc(OC)c(OC)c1.I. The van der Waals surface area contributed by atoms with Crippen LogP contribution in [0.15, 0.2) is 58.1 Å².